The number of hydrogen-bond acceptors (Lipinski definition) is 2. The minimum atomic E-state index is -0.361. The van der Waals surface area contributed by atoms with Gasteiger partial charge in [0.15, 0.2) is 0 Å². The number of alkyl halides is 1. The van der Waals surface area contributed by atoms with E-state index in [2.05, 4.69) is 31.9 Å². The molecule has 1 fully saturated rings. The van der Waals surface area contributed by atoms with Crippen molar-refractivity contribution in [3.63, 3.8) is 0 Å². The van der Waals surface area contributed by atoms with Crippen LogP contribution < -0.4 is 0 Å². The van der Waals surface area contributed by atoms with Crippen LogP contribution in [0, 0.1) is 16.0 Å². The fourth-order valence-corrected chi connectivity index (χ4v) is 4.02. The molecule has 1 aliphatic rings. The first-order valence-corrected chi connectivity index (χ1v) is 8.35. The summed E-state index contributed by atoms with van der Waals surface area (Å²) in [5, 5.41) is 10.7. The summed E-state index contributed by atoms with van der Waals surface area (Å²) in [6, 6.07) is 5.03. The lowest BCUT2D eigenvalue weighted by molar-refractivity contribution is -0.384. The maximum atomic E-state index is 10.7. The third-order valence-electron chi connectivity index (χ3n) is 3.85. The summed E-state index contributed by atoms with van der Waals surface area (Å²) in [5.74, 6) is 0.803. The number of benzene rings is 1. The van der Waals surface area contributed by atoms with Crippen molar-refractivity contribution in [2.75, 3.05) is 0 Å². The molecule has 1 unspecified atom stereocenters. The molecule has 0 aliphatic heterocycles. The van der Waals surface area contributed by atoms with Crippen molar-refractivity contribution in [1.29, 1.82) is 0 Å². The highest BCUT2D eigenvalue weighted by Gasteiger charge is 2.22. The van der Waals surface area contributed by atoms with Crippen LogP contribution in [0.1, 0.15) is 37.7 Å². The van der Waals surface area contributed by atoms with E-state index in [0.717, 1.165) is 28.8 Å². The van der Waals surface area contributed by atoms with Crippen molar-refractivity contribution in [2.45, 2.75) is 43.4 Å². The summed E-state index contributed by atoms with van der Waals surface area (Å²) in [5.41, 5.74) is 1.29. The lowest BCUT2D eigenvalue weighted by Gasteiger charge is -2.17. The first-order chi connectivity index (χ1) is 9.08. The second-order valence-corrected chi connectivity index (χ2v) is 7.16. The number of hydrogen-bond donors (Lipinski definition) is 0. The summed E-state index contributed by atoms with van der Waals surface area (Å²) in [6.45, 7) is 0. The van der Waals surface area contributed by atoms with E-state index >= 15 is 0 Å². The molecule has 5 heteroatoms. The molecule has 19 heavy (non-hydrogen) atoms. The van der Waals surface area contributed by atoms with Gasteiger partial charge in [0.05, 0.1) is 4.92 Å². The van der Waals surface area contributed by atoms with Crippen molar-refractivity contribution in [3.8, 4) is 0 Å². The largest absolute Gasteiger partial charge is 0.270 e. The van der Waals surface area contributed by atoms with E-state index in [1.54, 1.807) is 12.1 Å². The van der Waals surface area contributed by atoms with E-state index in [9.17, 15) is 10.1 Å². The van der Waals surface area contributed by atoms with Crippen molar-refractivity contribution >= 4 is 37.5 Å². The van der Waals surface area contributed by atoms with Crippen LogP contribution in [0.2, 0.25) is 0 Å². The molecule has 1 saturated carbocycles. The molecule has 0 spiro atoms. The molecule has 1 aromatic rings. The minimum Gasteiger partial charge on any atom is -0.258 e. The Kier molecular flexibility index (Phi) is 5.39. The minimum absolute atomic E-state index is 0.141. The van der Waals surface area contributed by atoms with Gasteiger partial charge in [0, 0.05) is 21.4 Å². The first-order valence-electron chi connectivity index (χ1n) is 6.65. The Hall–Kier alpha value is -0.420. The highest BCUT2D eigenvalue weighted by atomic mass is 79.9. The van der Waals surface area contributed by atoms with Crippen molar-refractivity contribution < 1.29 is 4.92 Å². The van der Waals surface area contributed by atoms with Gasteiger partial charge in [0.1, 0.15) is 0 Å². The van der Waals surface area contributed by atoms with Crippen LogP contribution in [-0.2, 0) is 6.42 Å². The van der Waals surface area contributed by atoms with Gasteiger partial charge in [0.2, 0.25) is 0 Å². The lowest BCUT2D eigenvalue weighted by Crippen LogP contribution is -2.11. The Morgan fingerprint density at radius 3 is 2.63 bits per heavy atom. The molecule has 0 radical (unpaired) electrons. The van der Waals surface area contributed by atoms with Crippen molar-refractivity contribution in [2.24, 2.45) is 5.92 Å². The summed E-state index contributed by atoms with van der Waals surface area (Å²) in [6.07, 6.45) is 7.41. The molecular weight excluding hydrogens is 374 g/mol. The number of non-ortho nitro benzene ring substituents is 1. The standard InChI is InChI=1S/C14H17Br2NO2/c15-13(10-3-1-2-4-10)8-6-11-5-7-12(17(18)19)9-14(11)16/h5,7,9-10,13H,1-4,6,8H2. The Bertz CT molecular complexity index is 459. The van der Waals surface area contributed by atoms with Crippen LogP contribution >= 0.6 is 31.9 Å². The Morgan fingerprint density at radius 1 is 1.37 bits per heavy atom. The van der Waals surface area contributed by atoms with Crippen LogP contribution in [0.4, 0.5) is 5.69 Å². The monoisotopic (exact) mass is 389 g/mol. The molecule has 0 aromatic heterocycles. The number of halogens is 2. The summed E-state index contributed by atoms with van der Waals surface area (Å²) in [4.78, 5) is 10.9. The van der Waals surface area contributed by atoms with Crippen molar-refractivity contribution in [1.82, 2.24) is 0 Å². The van der Waals surface area contributed by atoms with Crippen LogP contribution in [0.15, 0.2) is 22.7 Å². The highest BCUT2D eigenvalue weighted by Crippen LogP contribution is 2.34. The Balaban J connectivity index is 1.93. The average molecular weight is 391 g/mol. The van der Waals surface area contributed by atoms with Gasteiger partial charge in [-0.05, 0) is 37.2 Å². The summed E-state index contributed by atoms with van der Waals surface area (Å²) in [7, 11) is 0. The van der Waals surface area contributed by atoms with Gasteiger partial charge in [-0.25, -0.2) is 0 Å². The van der Waals surface area contributed by atoms with E-state index < -0.39 is 0 Å². The second-order valence-electron chi connectivity index (χ2n) is 5.13. The van der Waals surface area contributed by atoms with Gasteiger partial charge >= 0.3 is 0 Å². The number of nitro benzene ring substituents is 1. The normalized spacial score (nSPS) is 17.6. The molecule has 1 aliphatic carbocycles. The van der Waals surface area contributed by atoms with Gasteiger partial charge in [-0.3, -0.25) is 10.1 Å². The zero-order valence-electron chi connectivity index (χ0n) is 10.6. The van der Waals surface area contributed by atoms with E-state index in [0.29, 0.717) is 4.83 Å². The maximum Gasteiger partial charge on any atom is 0.270 e. The number of nitro groups is 1. The third kappa shape index (κ3) is 4.02. The average Bonchev–Trinajstić information content (AvgIpc) is 2.90. The predicted molar refractivity (Wildman–Crippen MR) is 83.8 cm³/mol. The number of rotatable bonds is 5. The highest BCUT2D eigenvalue weighted by molar-refractivity contribution is 9.10. The Labute approximate surface area is 130 Å². The molecule has 1 aromatic carbocycles. The van der Waals surface area contributed by atoms with E-state index in [-0.39, 0.29) is 10.6 Å². The fourth-order valence-electron chi connectivity index (χ4n) is 2.70. The van der Waals surface area contributed by atoms with Crippen LogP contribution in [0.3, 0.4) is 0 Å². The second kappa shape index (κ2) is 6.84. The van der Waals surface area contributed by atoms with Crippen molar-refractivity contribution in [3.05, 3.63) is 38.3 Å². The molecule has 0 N–H and O–H groups in total. The summed E-state index contributed by atoms with van der Waals surface area (Å²) >= 11 is 7.23. The molecule has 1 atom stereocenters. The fraction of sp³-hybridized carbons (Fsp3) is 0.571. The molecule has 0 heterocycles. The quantitative estimate of drug-likeness (QED) is 0.391. The molecule has 0 amide bonds. The first kappa shape index (κ1) is 15.0. The maximum absolute atomic E-state index is 10.7. The molecule has 2 rings (SSSR count). The lowest BCUT2D eigenvalue weighted by atomic mass is 9.98. The zero-order valence-corrected chi connectivity index (χ0v) is 13.8. The van der Waals surface area contributed by atoms with Crippen LogP contribution in [0.25, 0.3) is 0 Å². The van der Waals surface area contributed by atoms with E-state index in [1.807, 2.05) is 6.07 Å². The SMILES string of the molecule is O=[N+]([O-])c1ccc(CCC(Br)C2CCCC2)c(Br)c1. The van der Waals surface area contributed by atoms with E-state index in [4.69, 9.17) is 0 Å². The van der Waals surface area contributed by atoms with Gasteiger partial charge in [-0.1, -0.05) is 50.8 Å². The van der Waals surface area contributed by atoms with Crippen LogP contribution in [-0.4, -0.2) is 9.75 Å². The molecule has 3 nitrogen and oxygen atoms in total. The Morgan fingerprint density at radius 2 is 2.05 bits per heavy atom. The smallest absolute Gasteiger partial charge is 0.258 e. The van der Waals surface area contributed by atoms with Gasteiger partial charge < -0.3 is 0 Å². The number of aryl methyl sites for hydroxylation is 1. The third-order valence-corrected chi connectivity index (χ3v) is 5.79. The van der Waals surface area contributed by atoms with Gasteiger partial charge in [-0.2, -0.15) is 0 Å². The topological polar surface area (TPSA) is 43.1 Å². The predicted octanol–water partition coefficient (Wildman–Crippen LogP) is 5.24. The molecule has 104 valence electrons. The molecular formula is C14H17Br2NO2. The van der Waals surface area contributed by atoms with E-state index in [1.165, 1.54) is 25.7 Å². The zero-order chi connectivity index (χ0) is 13.8. The molecule has 0 saturated heterocycles. The van der Waals surface area contributed by atoms with Gasteiger partial charge in [0.25, 0.3) is 5.69 Å². The molecule has 0 bridgehead atoms. The summed E-state index contributed by atoms with van der Waals surface area (Å²) < 4.78 is 0.841. The van der Waals surface area contributed by atoms with Crippen LogP contribution in [0.5, 0.6) is 0 Å². The number of nitrogens with zero attached hydrogens (tertiary/aromatic N) is 1. The van der Waals surface area contributed by atoms with Gasteiger partial charge in [-0.15, -0.1) is 0 Å².